The van der Waals surface area contributed by atoms with Crippen molar-refractivity contribution in [3.63, 3.8) is 0 Å². The highest BCUT2D eigenvalue weighted by Gasteiger charge is 2.27. The fourth-order valence-electron chi connectivity index (χ4n) is 2.94. The lowest BCUT2D eigenvalue weighted by molar-refractivity contribution is -0.141. The Morgan fingerprint density at radius 2 is 2.08 bits per heavy atom. The molecule has 138 valence electrons. The van der Waals surface area contributed by atoms with Crippen LogP contribution in [0.2, 0.25) is 0 Å². The third-order valence-electron chi connectivity index (χ3n) is 4.37. The van der Waals surface area contributed by atoms with Crippen LogP contribution in [0.4, 0.5) is 8.78 Å². The van der Waals surface area contributed by atoms with E-state index >= 15 is 0 Å². The normalized spacial score (nSPS) is 13.4. The Kier molecular flexibility index (Phi) is 5.29. The molecule has 3 rings (SSSR count). The number of methoxy groups -OCH3 is 1. The lowest BCUT2D eigenvalue weighted by Crippen LogP contribution is -2.35. The van der Waals surface area contributed by atoms with Gasteiger partial charge in [0.1, 0.15) is 11.5 Å². The van der Waals surface area contributed by atoms with Gasteiger partial charge in [0.25, 0.3) is 0 Å². The van der Waals surface area contributed by atoms with Crippen LogP contribution in [0.5, 0.6) is 0 Å². The first-order chi connectivity index (χ1) is 12.5. The Morgan fingerprint density at radius 3 is 2.81 bits per heavy atom. The number of carbonyl (C=O) groups is 2. The zero-order chi connectivity index (χ0) is 18.7. The Morgan fingerprint density at radius 1 is 1.27 bits per heavy atom. The molecule has 0 radical (unpaired) electrons. The maximum atomic E-state index is 13.5. The first-order valence-corrected chi connectivity index (χ1v) is 8.27. The minimum absolute atomic E-state index is 0.0861. The molecule has 0 atom stereocenters. The molecule has 1 aromatic heterocycles. The molecule has 2 aromatic rings. The standard InChI is InChI=1S/C18H18F2N2O4/c1-25-17(24)4-2-3-16(23)22-8-7-15-12(10-22)18(21-26-15)11-5-6-13(19)14(20)9-11/h5-6,9H,2-4,7-8,10H2,1H3. The summed E-state index contributed by atoms with van der Waals surface area (Å²) in [5, 5.41) is 3.97. The molecule has 2 heterocycles. The summed E-state index contributed by atoms with van der Waals surface area (Å²) < 4.78 is 36.5. The van der Waals surface area contributed by atoms with E-state index in [9.17, 15) is 18.4 Å². The van der Waals surface area contributed by atoms with Crippen molar-refractivity contribution < 1.29 is 27.6 Å². The number of nitrogens with zero attached hydrogens (tertiary/aromatic N) is 2. The molecular formula is C18H18F2N2O4. The number of halogens is 2. The second kappa shape index (κ2) is 7.63. The summed E-state index contributed by atoms with van der Waals surface area (Å²) >= 11 is 0. The summed E-state index contributed by atoms with van der Waals surface area (Å²) in [6.45, 7) is 0.765. The number of rotatable bonds is 5. The lowest BCUT2D eigenvalue weighted by atomic mass is 10.0. The fourth-order valence-corrected chi connectivity index (χ4v) is 2.94. The van der Waals surface area contributed by atoms with Gasteiger partial charge in [-0.1, -0.05) is 5.16 Å². The Bertz CT molecular complexity index is 835. The van der Waals surface area contributed by atoms with Gasteiger partial charge in [-0.2, -0.15) is 0 Å². The number of aromatic nitrogens is 1. The molecular weight excluding hydrogens is 346 g/mol. The highest BCUT2D eigenvalue weighted by atomic mass is 19.2. The quantitative estimate of drug-likeness (QED) is 0.763. The van der Waals surface area contributed by atoms with E-state index in [1.807, 2.05) is 0 Å². The van der Waals surface area contributed by atoms with Crippen molar-refractivity contribution in [3.8, 4) is 11.3 Å². The van der Waals surface area contributed by atoms with E-state index in [1.165, 1.54) is 13.2 Å². The van der Waals surface area contributed by atoms with Gasteiger partial charge in [-0.05, 0) is 24.6 Å². The van der Waals surface area contributed by atoms with Gasteiger partial charge in [0.15, 0.2) is 11.6 Å². The van der Waals surface area contributed by atoms with Crippen LogP contribution in [0.15, 0.2) is 22.7 Å². The monoisotopic (exact) mass is 364 g/mol. The van der Waals surface area contributed by atoms with E-state index in [0.717, 1.165) is 12.1 Å². The van der Waals surface area contributed by atoms with E-state index in [2.05, 4.69) is 9.89 Å². The molecule has 1 aliphatic heterocycles. The Hall–Kier alpha value is -2.77. The summed E-state index contributed by atoms with van der Waals surface area (Å²) in [6.07, 6.45) is 1.33. The average molecular weight is 364 g/mol. The number of amides is 1. The minimum Gasteiger partial charge on any atom is -0.469 e. The third-order valence-corrected chi connectivity index (χ3v) is 4.37. The third kappa shape index (κ3) is 3.74. The van der Waals surface area contributed by atoms with Crippen molar-refractivity contribution in [2.24, 2.45) is 0 Å². The largest absolute Gasteiger partial charge is 0.469 e. The molecule has 0 aliphatic carbocycles. The average Bonchev–Trinajstić information content (AvgIpc) is 3.06. The number of benzene rings is 1. The number of carbonyl (C=O) groups excluding carboxylic acids is 2. The maximum Gasteiger partial charge on any atom is 0.305 e. The van der Waals surface area contributed by atoms with Crippen molar-refractivity contribution >= 4 is 11.9 Å². The molecule has 26 heavy (non-hydrogen) atoms. The van der Waals surface area contributed by atoms with E-state index in [1.54, 1.807) is 4.90 Å². The molecule has 1 aromatic carbocycles. The number of fused-ring (bicyclic) bond motifs is 1. The smallest absolute Gasteiger partial charge is 0.305 e. The van der Waals surface area contributed by atoms with Gasteiger partial charge in [-0.25, -0.2) is 8.78 Å². The van der Waals surface area contributed by atoms with Crippen LogP contribution in [-0.2, 0) is 27.3 Å². The summed E-state index contributed by atoms with van der Waals surface area (Å²) in [5.41, 5.74) is 1.50. The number of ether oxygens (including phenoxy) is 1. The van der Waals surface area contributed by atoms with Crippen molar-refractivity contribution in [1.29, 1.82) is 0 Å². The van der Waals surface area contributed by atoms with Crippen molar-refractivity contribution in [3.05, 3.63) is 41.2 Å². The predicted octanol–water partition coefficient (Wildman–Crippen LogP) is 2.85. The highest BCUT2D eigenvalue weighted by molar-refractivity contribution is 5.78. The van der Waals surface area contributed by atoms with E-state index in [0.29, 0.717) is 42.0 Å². The molecule has 0 spiro atoms. The van der Waals surface area contributed by atoms with Crippen molar-refractivity contribution in [2.45, 2.75) is 32.2 Å². The van der Waals surface area contributed by atoms with Crippen LogP contribution in [0.1, 0.15) is 30.6 Å². The van der Waals surface area contributed by atoms with Crippen LogP contribution in [0.3, 0.4) is 0 Å². The Labute approximate surface area is 148 Å². The van der Waals surface area contributed by atoms with Crippen molar-refractivity contribution in [2.75, 3.05) is 13.7 Å². The lowest BCUT2D eigenvalue weighted by Gasteiger charge is -2.26. The molecule has 1 aliphatic rings. The van der Waals surface area contributed by atoms with Gasteiger partial charge < -0.3 is 14.2 Å². The molecule has 8 heteroatoms. The van der Waals surface area contributed by atoms with E-state index in [-0.39, 0.29) is 31.3 Å². The summed E-state index contributed by atoms with van der Waals surface area (Å²) in [5.74, 6) is -1.70. The second-order valence-corrected chi connectivity index (χ2v) is 6.06. The SMILES string of the molecule is COC(=O)CCCC(=O)N1CCc2onc(-c3ccc(F)c(F)c3)c2C1. The van der Waals surface area contributed by atoms with Gasteiger partial charge in [0.2, 0.25) is 5.91 Å². The zero-order valence-corrected chi connectivity index (χ0v) is 14.3. The second-order valence-electron chi connectivity index (χ2n) is 6.06. The molecule has 0 fully saturated rings. The predicted molar refractivity (Wildman–Crippen MR) is 86.8 cm³/mol. The van der Waals surface area contributed by atoms with Gasteiger partial charge in [0, 0.05) is 36.9 Å². The highest BCUT2D eigenvalue weighted by Crippen LogP contribution is 2.31. The van der Waals surface area contributed by atoms with E-state index < -0.39 is 11.6 Å². The molecule has 0 N–H and O–H groups in total. The molecule has 0 bridgehead atoms. The summed E-state index contributed by atoms with van der Waals surface area (Å²) in [6, 6.07) is 3.52. The van der Waals surface area contributed by atoms with Crippen LogP contribution in [0, 0.1) is 11.6 Å². The summed E-state index contributed by atoms with van der Waals surface area (Å²) in [7, 11) is 1.31. The first-order valence-electron chi connectivity index (χ1n) is 8.27. The zero-order valence-electron chi connectivity index (χ0n) is 14.3. The van der Waals surface area contributed by atoms with Gasteiger partial charge in [-0.15, -0.1) is 0 Å². The number of hydrogen-bond acceptors (Lipinski definition) is 5. The molecule has 0 saturated heterocycles. The van der Waals surface area contributed by atoms with Crippen LogP contribution < -0.4 is 0 Å². The topological polar surface area (TPSA) is 72.6 Å². The molecule has 0 saturated carbocycles. The molecule has 1 amide bonds. The molecule has 6 nitrogen and oxygen atoms in total. The number of esters is 1. The summed E-state index contributed by atoms with van der Waals surface area (Å²) in [4.78, 5) is 25.1. The van der Waals surface area contributed by atoms with Gasteiger partial charge >= 0.3 is 5.97 Å². The number of hydrogen-bond donors (Lipinski definition) is 0. The van der Waals surface area contributed by atoms with Crippen molar-refractivity contribution in [1.82, 2.24) is 10.1 Å². The van der Waals surface area contributed by atoms with Crippen LogP contribution >= 0.6 is 0 Å². The maximum absolute atomic E-state index is 13.5. The fraction of sp³-hybridized carbons (Fsp3) is 0.389. The molecule has 0 unspecified atom stereocenters. The Balaban J connectivity index is 1.71. The van der Waals surface area contributed by atoms with Gasteiger partial charge in [0.05, 0.1) is 13.7 Å². The van der Waals surface area contributed by atoms with E-state index in [4.69, 9.17) is 4.52 Å². The minimum atomic E-state index is -0.967. The van der Waals surface area contributed by atoms with Crippen LogP contribution in [0.25, 0.3) is 11.3 Å². The first kappa shape index (κ1) is 18.0. The van der Waals surface area contributed by atoms with Gasteiger partial charge in [-0.3, -0.25) is 9.59 Å². The van der Waals surface area contributed by atoms with Crippen LogP contribution in [-0.4, -0.2) is 35.6 Å².